The predicted octanol–water partition coefficient (Wildman–Crippen LogP) is 1.54. The highest BCUT2D eigenvalue weighted by Gasteiger charge is 2.26. The quantitative estimate of drug-likeness (QED) is 0.588. The molecule has 0 saturated carbocycles. The van der Waals surface area contributed by atoms with Gasteiger partial charge in [0.1, 0.15) is 0 Å². The molecule has 0 rings (SSSR count). The molecule has 0 fully saturated rings. The molecule has 0 spiro atoms. The molecule has 0 saturated heterocycles. The fourth-order valence-corrected chi connectivity index (χ4v) is 1.70. The molecule has 0 aliphatic rings. The largest absolute Gasteiger partial charge is 0.396 e. The summed E-state index contributed by atoms with van der Waals surface area (Å²) in [6.45, 7) is 11.7. The average molecular weight is 258 g/mol. The zero-order chi connectivity index (χ0) is 14.2. The number of amides is 1. The molecule has 0 heterocycles. The van der Waals surface area contributed by atoms with Crippen LogP contribution >= 0.6 is 0 Å². The van der Waals surface area contributed by atoms with Crippen LogP contribution < -0.4 is 10.6 Å². The highest BCUT2D eigenvalue weighted by Crippen LogP contribution is 2.24. The first-order valence-electron chi connectivity index (χ1n) is 7.02. The summed E-state index contributed by atoms with van der Waals surface area (Å²) in [7, 11) is 0. The molecule has 1 unspecified atom stereocenters. The molecule has 108 valence electrons. The zero-order valence-electron chi connectivity index (χ0n) is 12.5. The van der Waals surface area contributed by atoms with Crippen molar-refractivity contribution in [2.75, 3.05) is 19.7 Å². The molecule has 4 nitrogen and oxygen atoms in total. The van der Waals surface area contributed by atoms with Crippen LogP contribution in [-0.4, -0.2) is 36.8 Å². The van der Waals surface area contributed by atoms with E-state index in [9.17, 15) is 9.90 Å². The molecule has 0 aliphatic heterocycles. The van der Waals surface area contributed by atoms with Gasteiger partial charge in [0.2, 0.25) is 5.91 Å². The molecule has 0 aromatic heterocycles. The Morgan fingerprint density at radius 1 is 1.22 bits per heavy atom. The van der Waals surface area contributed by atoms with Crippen molar-refractivity contribution in [2.45, 2.75) is 53.5 Å². The molecule has 18 heavy (non-hydrogen) atoms. The molecule has 4 heteroatoms. The normalized spacial score (nSPS) is 13.7. The molecular weight excluding hydrogens is 228 g/mol. The van der Waals surface area contributed by atoms with Crippen LogP contribution in [0.25, 0.3) is 0 Å². The van der Waals surface area contributed by atoms with Gasteiger partial charge in [-0.2, -0.15) is 0 Å². The van der Waals surface area contributed by atoms with Crippen molar-refractivity contribution in [1.29, 1.82) is 0 Å². The Balaban J connectivity index is 4.15. The fourth-order valence-electron chi connectivity index (χ4n) is 1.70. The lowest BCUT2D eigenvalue weighted by molar-refractivity contribution is -0.123. The third-order valence-electron chi connectivity index (χ3n) is 3.70. The first-order chi connectivity index (χ1) is 8.40. The van der Waals surface area contributed by atoms with Crippen molar-refractivity contribution >= 4 is 5.91 Å². The summed E-state index contributed by atoms with van der Waals surface area (Å²) in [5, 5.41) is 15.6. The van der Waals surface area contributed by atoms with Crippen molar-refractivity contribution in [2.24, 2.45) is 11.3 Å². The molecule has 1 amide bonds. The Kier molecular flexibility index (Phi) is 8.20. The third-order valence-corrected chi connectivity index (χ3v) is 3.70. The maximum absolute atomic E-state index is 11.8. The van der Waals surface area contributed by atoms with E-state index >= 15 is 0 Å². The van der Waals surface area contributed by atoms with Gasteiger partial charge in [-0.3, -0.25) is 4.79 Å². The van der Waals surface area contributed by atoms with E-state index in [0.717, 1.165) is 12.8 Å². The van der Waals surface area contributed by atoms with E-state index in [-0.39, 0.29) is 24.0 Å². The van der Waals surface area contributed by atoms with Gasteiger partial charge in [0.05, 0.1) is 6.04 Å². The number of aliphatic hydroxyl groups is 1. The summed E-state index contributed by atoms with van der Waals surface area (Å²) in [6, 6.07) is -0.215. The summed E-state index contributed by atoms with van der Waals surface area (Å²) in [5.74, 6) is 0.492. The van der Waals surface area contributed by atoms with Gasteiger partial charge >= 0.3 is 0 Å². The number of carbonyl (C=O) groups excluding carboxylic acids is 1. The highest BCUT2D eigenvalue weighted by molar-refractivity contribution is 5.81. The van der Waals surface area contributed by atoms with Gasteiger partial charge in [-0.1, -0.05) is 27.7 Å². The monoisotopic (exact) mass is 258 g/mol. The number of hydrogen-bond donors (Lipinski definition) is 3. The van der Waals surface area contributed by atoms with E-state index < -0.39 is 0 Å². The Morgan fingerprint density at radius 2 is 1.78 bits per heavy atom. The Morgan fingerprint density at radius 3 is 2.17 bits per heavy atom. The molecule has 0 aromatic rings. The second-order valence-electron chi connectivity index (χ2n) is 5.61. The van der Waals surface area contributed by atoms with Crippen LogP contribution in [0, 0.1) is 11.3 Å². The minimum atomic E-state index is -0.215. The van der Waals surface area contributed by atoms with Crippen molar-refractivity contribution in [1.82, 2.24) is 10.6 Å². The summed E-state index contributed by atoms with van der Waals surface area (Å²) in [4.78, 5) is 11.8. The zero-order valence-corrected chi connectivity index (χ0v) is 12.5. The first kappa shape index (κ1) is 17.4. The summed E-state index contributed by atoms with van der Waals surface area (Å²) in [6.07, 6.45) is 1.82. The lowest BCUT2D eigenvalue weighted by Gasteiger charge is -2.31. The van der Waals surface area contributed by atoms with Crippen LogP contribution in [0.4, 0.5) is 0 Å². The number of nitrogens with one attached hydrogen (secondary N) is 2. The van der Waals surface area contributed by atoms with Crippen LogP contribution in [0.1, 0.15) is 47.5 Å². The van der Waals surface area contributed by atoms with Gasteiger partial charge in [0, 0.05) is 25.1 Å². The van der Waals surface area contributed by atoms with Crippen LogP contribution in [-0.2, 0) is 4.79 Å². The molecule has 0 radical (unpaired) electrons. The SMILES string of the molecule is CCC(CC)(CO)CNC(C)C(=O)NCC(C)C. The lowest BCUT2D eigenvalue weighted by Crippen LogP contribution is -2.47. The van der Waals surface area contributed by atoms with E-state index in [2.05, 4.69) is 38.3 Å². The van der Waals surface area contributed by atoms with Gasteiger partial charge in [-0.15, -0.1) is 0 Å². The van der Waals surface area contributed by atoms with Gasteiger partial charge in [-0.05, 0) is 25.7 Å². The van der Waals surface area contributed by atoms with Crippen molar-refractivity contribution in [3.05, 3.63) is 0 Å². The molecule has 0 aromatic carbocycles. The van der Waals surface area contributed by atoms with Gasteiger partial charge in [0.25, 0.3) is 0 Å². The van der Waals surface area contributed by atoms with Crippen molar-refractivity contribution in [3.63, 3.8) is 0 Å². The van der Waals surface area contributed by atoms with E-state index in [1.807, 2.05) is 6.92 Å². The topological polar surface area (TPSA) is 61.4 Å². The molecule has 0 aliphatic carbocycles. The van der Waals surface area contributed by atoms with E-state index in [1.54, 1.807) is 0 Å². The average Bonchev–Trinajstić information content (AvgIpc) is 2.37. The van der Waals surface area contributed by atoms with E-state index in [0.29, 0.717) is 19.0 Å². The maximum Gasteiger partial charge on any atom is 0.236 e. The standard InChI is InChI=1S/C14H30N2O2/c1-6-14(7-2,10-17)9-16-12(5)13(18)15-8-11(3)4/h11-12,16-17H,6-10H2,1-5H3,(H,15,18). The smallest absolute Gasteiger partial charge is 0.236 e. The second-order valence-corrected chi connectivity index (χ2v) is 5.61. The van der Waals surface area contributed by atoms with Gasteiger partial charge in [-0.25, -0.2) is 0 Å². The van der Waals surface area contributed by atoms with Gasteiger partial charge < -0.3 is 15.7 Å². The molecule has 1 atom stereocenters. The highest BCUT2D eigenvalue weighted by atomic mass is 16.3. The molecule has 0 bridgehead atoms. The van der Waals surface area contributed by atoms with E-state index in [4.69, 9.17) is 0 Å². The summed E-state index contributed by atoms with van der Waals surface area (Å²) in [5.41, 5.74) is -0.105. The Bertz CT molecular complexity index is 230. The minimum Gasteiger partial charge on any atom is -0.396 e. The van der Waals surface area contributed by atoms with Crippen LogP contribution in [0.5, 0.6) is 0 Å². The van der Waals surface area contributed by atoms with Crippen LogP contribution in [0.3, 0.4) is 0 Å². The lowest BCUT2D eigenvalue weighted by atomic mass is 9.83. The molecular formula is C14H30N2O2. The third kappa shape index (κ3) is 5.83. The number of rotatable bonds is 9. The number of hydrogen-bond acceptors (Lipinski definition) is 3. The molecule has 3 N–H and O–H groups in total. The summed E-state index contributed by atoms with van der Waals surface area (Å²) >= 11 is 0. The van der Waals surface area contributed by atoms with Crippen molar-refractivity contribution in [3.8, 4) is 0 Å². The van der Waals surface area contributed by atoms with Gasteiger partial charge in [0.15, 0.2) is 0 Å². The predicted molar refractivity (Wildman–Crippen MR) is 75.4 cm³/mol. The number of carbonyl (C=O) groups is 1. The minimum absolute atomic E-state index is 0.0303. The number of aliphatic hydroxyl groups excluding tert-OH is 1. The Hall–Kier alpha value is -0.610. The summed E-state index contributed by atoms with van der Waals surface area (Å²) < 4.78 is 0. The van der Waals surface area contributed by atoms with Crippen LogP contribution in [0.15, 0.2) is 0 Å². The second kappa shape index (κ2) is 8.48. The Labute approximate surface area is 112 Å². The van der Waals surface area contributed by atoms with Crippen molar-refractivity contribution < 1.29 is 9.90 Å². The van der Waals surface area contributed by atoms with E-state index in [1.165, 1.54) is 0 Å². The first-order valence-corrected chi connectivity index (χ1v) is 7.02. The fraction of sp³-hybridized carbons (Fsp3) is 0.929. The maximum atomic E-state index is 11.8. The van der Waals surface area contributed by atoms with Crippen LogP contribution in [0.2, 0.25) is 0 Å².